The Morgan fingerprint density at radius 1 is 1.33 bits per heavy atom. The molecule has 118 valence electrons. The van der Waals surface area contributed by atoms with Gasteiger partial charge < -0.3 is 16.0 Å². The maximum absolute atomic E-state index is 12.2. The number of rotatable bonds is 3. The predicted molar refractivity (Wildman–Crippen MR) is 90.7 cm³/mol. The summed E-state index contributed by atoms with van der Waals surface area (Å²) in [6.45, 7) is 2.25. The van der Waals surface area contributed by atoms with Crippen LogP contribution in [0.5, 0.6) is 0 Å². The average Bonchev–Trinajstić information content (AvgIpc) is 2.43. The Hall–Kier alpha value is -0.680. The zero-order valence-electron chi connectivity index (χ0n) is 11.6. The molecule has 1 saturated heterocycles. The van der Waals surface area contributed by atoms with Crippen molar-refractivity contribution in [2.75, 3.05) is 25.0 Å². The highest BCUT2D eigenvalue weighted by molar-refractivity contribution is 6.36. The van der Waals surface area contributed by atoms with Gasteiger partial charge in [-0.25, -0.2) is 4.79 Å². The molecule has 0 radical (unpaired) electrons. The van der Waals surface area contributed by atoms with Crippen molar-refractivity contribution in [3.8, 4) is 0 Å². The molecule has 0 aromatic heterocycles. The van der Waals surface area contributed by atoms with Crippen LogP contribution in [-0.2, 0) is 0 Å². The number of urea groups is 1. The number of carbonyl (C=O) groups is 1. The first-order valence-corrected chi connectivity index (χ1v) is 7.57. The number of piperidine rings is 1. The highest BCUT2D eigenvalue weighted by Crippen LogP contribution is 2.26. The van der Waals surface area contributed by atoms with E-state index in [0.29, 0.717) is 21.7 Å². The third kappa shape index (κ3) is 5.22. The Balaban J connectivity index is 0.00000220. The topological polar surface area (TPSA) is 58.4 Å². The molecule has 1 aromatic carbocycles. The van der Waals surface area contributed by atoms with E-state index >= 15 is 0 Å². The van der Waals surface area contributed by atoms with Crippen LogP contribution < -0.4 is 11.1 Å². The van der Waals surface area contributed by atoms with Crippen molar-refractivity contribution in [3.05, 3.63) is 28.2 Å². The fraction of sp³-hybridized carbons (Fsp3) is 0.500. The zero-order chi connectivity index (χ0) is 14.5. The molecular formula is C14H20Cl3N3O. The minimum Gasteiger partial charge on any atom is -0.330 e. The molecule has 4 nitrogen and oxygen atoms in total. The summed E-state index contributed by atoms with van der Waals surface area (Å²) < 4.78 is 0. The fourth-order valence-corrected chi connectivity index (χ4v) is 2.90. The largest absolute Gasteiger partial charge is 0.330 e. The van der Waals surface area contributed by atoms with Gasteiger partial charge in [-0.05, 0) is 49.9 Å². The van der Waals surface area contributed by atoms with Crippen molar-refractivity contribution in [1.29, 1.82) is 0 Å². The maximum Gasteiger partial charge on any atom is 0.321 e. The fourth-order valence-electron chi connectivity index (χ4n) is 2.45. The van der Waals surface area contributed by atoms with Crippen molar-refractivity contribution in [1.82, 2.24) is 4.90 Å². The lowest BCUT2D eigenvalue weighted by Gasteiger charge is -2.32. The lowest BCUT2D eigenvalue weighted by molar-refractivity contribution is 0.180. The van der Waals surface area contributed by atoms with E-state index in [1.807, 2.05) is 4.90 Å². The molecule has 21 heavy (non-hydrogen) atoms. The van der Waals surface area contributed by atoms with E-state index in [-0.39, 0.29) is 18.4 Å². The van der Waals surface area contributed by atoms with Gasteiger partial charge in [0.05, 0.1) is 10.7 Å². The first kappa shape index (κ1) is 18.4. The van der Waals surface area contributed by atoms with Gasteiger partial charge in [0.2, 0.25) is 0 Å². The molecule has 3 N–H and O–H groups in total. The monoisotopic (exact) mass is 351 g/mol. The van der Waals surface area contributed by atoms with Crippen LogP contribution in [0.15, 0.2) is 18.2 Å². The van der Waals surface area contributed by atoms with Gasteiger partial charge >= 0.3 is 6.03 Å². The smallest absolute Gasteiger partial charge is 0.321 e. The first-order chi connectivity index (χ1) is 9.60. The quantitative estimate of drug-likeness (QED) is 0.863. The summed E-state index contributed by atoms with van der Waals surface area (Å²) in [5.74, 6) is 0.642. The van der Waals surface area contributed by atoms with Crippen molar-refractivity contribution in [2.45, 2.75) is 19.3 Å². The Labute approximate surface area is 141 Å². The Morgan fingerprint density at radius 2 is 2.00 bits per heavy atom. The molecule has 0 unspecified atom stereocenters. The standard InChI is InChI=1S/C14H19Cl2N3O.ClH/c15-11-1-2-13(12(16)9-11)18-14(20)19-7-4-10(3-6-17)5-8-19;/h1-2,9-10H,3-8,17H2,(H,18,20);1H. The number of benzene rings is 1. The second-order valence-corrected chi connectivity index (χ2v) is 5.91. The molecule has 1 fully saturated rings. The Bertz CT molecular complexity index is 477. The van der Waals surface area contributed by atoms with E-state index in [9.17, 15) is 4.79 Å². The van der Waals surface area contributed by atoms with Crippen molar-refractivity contribution >= 4 is 47.3 Å². The number of carbonyl (C=O) groups excluding carboxylic acids is 1. The molecule has 0 aliphatic carbocycles. The van der Waals surface area contributed by atoms with Gasteiger partial charge in [0, 0.05) is 18.1 Å². The molecule has 1 aromatic rings. The summed E-state index contributed by atoms with van der Waals surface area (Å²) in [6, 6.07) is 4.92. The van der Waals surface area contributed by atoms with E-state index in [1.165, 1.54) is 0 Å². The highest BCUT2D eigenvalue weighted by Gasteiger charge is 2.22. The van der Waals surface area contributed by atoms with Crippen LogP contribution in [0.4, 0.5) is 10.5 Å². The molecule has 2 rings (SSSR count). The third-order valence-corrected chi connectivity index (χ3v) is 4.20. The Kier molecular flexibility index (Phi) is 7.60. The summed E-state index contributed by atoms with van der Waals surface area (Å²) in [5.41, 5.74) is 6.15. The molecule has 7 heteroatoms. The van der Waals surface area contributed by atoms with Crippen LogP contribution in [-0.4, -0.2) is 30.6 Å². The lowest BCUT2D eigenvalue weighted by atomic mass is 9.94. The summed E-state index contributed by atoms with van der Waals surface area (Å²) in [4.78, 5) is 14.0. The molecule has 0 saturated carbocycles. The van der Waals surface area contributed by atoms with E-state index in [0.717, 1.165) is 38.9 Å². The van der Waals surface area contributed by atoms with Crippen LogP contribution in [0.2, 0.25) is 10.0 Å². The van der Waals surface area contributed by atoms with Crippen molar-refractivity contribution in [3.63, 3.8) is 0 Å². The van der Waals surface area contributed by atoms with Gasteiger partial charge in [0.25, 0.3) is 0 Å². The second kappa shape index (κ2) is 8.69. The van der Waals surface area contributed by atoms with Crippen LogP contribution in [0.25, 0.3) is 0 Å². The van der Waals surface area contributed by atoms with Crippen LogP contribution in [0.1, 0.15) is 19.3 Å². The van der Waals surface area contributed by atoms with Gasteiger partial charge in [-0.2, -0.15) is 0 Å². The number of amides is 2. The van der Waals surface area contributed by atoms with Crippen LogP contribution >= 0.6 is 35.6 Å². The second-order valence-electron chi connectivity index (χ2n) is 5.06. The number of nitrogens with two attached hydrogens (primary N) is 1. The van der Waals surface area contributed by atoms with Gasteiger partial charge in [-0.1, -0.05) is 23.2 Å². The van der Waals surface area contributed by atoms with E-state index in [2.05, 4.69) is 5.32 Å². The molecule has 0 spiro atoms. The number of halogens is 3. The Morgan fingerprint density at radius 3 is 2.57 bits per heavy atom. The summed E-state index contributed by atoms with van der Waals surface area (Å²) in [6.07, 6.45) is 3.07. The van der Waals surface area contributed by atoms with Crippen LogP contribution in [0, 0.1) is 5.92 Å². The highest BCUT2D eigenvalue weighted by atomic mass is 35.5. The molecule has 1 aliphatic heterocycles. The van der Waals surface area contributed by atoms with E-state index in [4.69, 9.17) is 28.9 Å². The van der Waals surface area contributed by atoms with Gasteiger partial charge in [-0.3, -0.25) is 0 Å². The van der Waals surface area contributed by atoms with E-state index in [1.54, 1.807) is 18.2 Å². The lowest BCUT2D eigenvalue weighted by Crippen LogP contribution is -2.41. The van der Waals surface area contributed by atoms with Crippen LogP contribution in [0.3, 0.4) is 0 Å². The van der Waals surface area contributed by atoms with Gasteiger partial charge in [0.1, 0.15) is 0 Å². The molecule has 1 aliphatic rings. The summed E-state index contributed by atoms with van der Waals surface area (Å²) in [7, 11) is 0. The zero-order valence-corrected chi connectivity index (χ0v) is 14.0. The minimum atomic E-state index is -0.111. The number of likely N-dealkylation sites (tertiary alicyclic amines) is 1. The number of hydrogen-bond acceptors (Lipinski definition) is 2. The summed E-state index contributed by atoms with van der Waals surface area (Å²) >= 11 is 11.9. The normalized spacial score (nSPS) is 15.5. The molecule has 1 heterocycles. The molecule has 0 atom stereocenters. The number of nitrogens with one attached hydrogen (secondary N) is 1. The van der Waals surface area contributed by atoms with E-state index < -0.39 is 0 Å². The average molecular weight is 353 g/mol. The summed E-state index contributed by atoms with van der Waals surface area (Å²) in [5, 5.41) is 3.83. The first-order valence-electron chi connectivity index (χ1n) is 6.81. The molecular weight excluding hydrogens is 333 g/mol. The van der Waals surface area contributed by atoms with Gasteiger partial charge in [0.15, 0.2) is 0 Å². The number of hydrogen-bond donors (Lipinski definition) is 2. The predicted octanol–water partition coefficient (Wildman–Crippen LogP) is 4.01. The SMILES string of the molecule is Cl.NCCC1CCN(C(=O)Nc2ccc(Cl)cc2Cl)CC1. The number of nitrogens with zero attached hydrogens (tertiary/aromatic N) is 1. The van der Waals surface area contributed by atoms with Crippen molar-refractivity contribution in [2.24, 2.45) is 11.7 Å². The van der Waals surface area contributed by atoms with Gasteiger partial charge in [-0.15, -0.1) is 12.4 Å². The molecule has 2 amide bonds. The third-order valence-electron chi connectivity index (χ3n) is 3.65. The minimum absolute atomic E-state index is 0. The number of anilines is 1. The molecule has 0 bridgehead atoms. The maximum atomic E-state index is 12.2. The van der Waals surface area contributed by atoms with Crippen molar-refractivity contribution < 1.29 is 4.79 Å².